The lowest BCUT2D eigenvalue weighted by atomic mass is 9.75. The molecule has 0 aromatic heterocycles. The van der Waals surface area contributed by atoms with Crippen molar-refractivity contribution < 1.29 is 18.0 Å². The minimum Gasteiger partial charge on any atom is -0.350 e. The van der Waals surface area contributed by atoms with E-state index in [1.54, 1.807) is 0 Å². The molecule has 1 amide bonds. The number of piperidine rings is 4. The number of halogens is 3. The lowest BCUT2D eigenvalue weighted by Crippen LogP contribution is -2.58. The second-order valence-corrected chi connectivity index (χ2v) is 8.84. The molecule has 4 heterocycles. The zero-order valence-electron chi connectivity index (χ0n) is 16.8. The molecule has 0 radical (unpaired) electrons. The topological polar surface area (TPSA) is 35.6 Å². The average Bonchev–Trinajstić information content (AvgIpc) is 2.73. The summed E-state index contributed by atoms with van der Waals surface area (Å²) in [7, 11) is 0. The van der Waals surface area contributed by atoms with Crippen LogP contribution >= 0.6 is 0 Å². The Hall–Kier alpha value is -1.60. The van der Waals surface area contributed by atoms with Crippen LogP contribution in [-0.2, 0) is 6.18 Å². The number of amides is 1. The normalized spacial score (nSPS) is 30.3. The molecule has 4 unspecified atom stereocenters. The van der Waals surface area contributed by atoms with Gasteiger partial charge in [0, 0.05) is 31.2 Å². The summed E-state index contributed by atoms with van der Waals surface area (Å²) in [5, 5.41) is 2.94. The van der Waals surface area contributed by atoms with Crippen LogP contribution in [0.5, 0.6) is 0 Å². The zero-order chi connectivity index (χ0) is 20.4. The number of hydrogen-bond acceptors (Lipinski definition) is 3. The van der Waals surface area contributed by atoms with Gasteiger partial charge in [-0.1, -0.05) is 6.42 Å². The molecule has 4 atom stereocenters. The second-order valence-electron chi connectivity index (χ2n) is 8.84. The molecule has 5 rings (SSSR count). The minimum absolute atomic E-state index is 0.275. The fourth-order valence-corrected chi connectivity index (χ4v) is 5.27. The van der Waals surface area contributed by atoms with Crippen LogP contribution in [0.15, 0.2) is 24.3 Å². The third-order valence-electron chi connectivity index (χ3n) is 6.93. The first kappa shape index (κ1) is 20.7. The zero-order valence-corrected chi connectivity index (χ0v) is 16.8. The Labute approximate surface area is 170 Å². The van der Waals surface area contributed by atoms with Gasteiger partial charge in [-0.25, -0.2) is 0 Å². The fourth-order valence-electron chi connectivity index (χ4n) is 5.27. The summed E-state index contributed by atoms with van der Waals surface area (Å²) in [5.74, 6) is 1.14. The highest BCUT2D eigenvalue weighted by Gasteiger charge is 2.40. The first-order valence-electron chi connectivity index (χ1n) is 10.8. The monoisotopic (exact) mass is 409 g/mol. The average molecular weight is 409 g/mol. The Morgan fingerprint density at radius 1 is 1.07 bits per heavy atom. The Balaban J connectivity index is 1.27. The molecular formula is C22H30F3N3O. The number of rotatable bonds is 5. The van der Waals surface area contributed by atoms with Crippen molar-refractivity contribution in [2.75, 3.05) is 39.3 Å². The van der Waals surface area contributed by atoms with E-state index < -0.39 is 11.7 Å². The van der Waals surface area contributed by atoms with Gasteiger partial charge in [0.05, 0.1) is 5.56 Å². The SMILES string of the molecule is O=C(NCC1CC2CCN1CC2CN1CCCCC1)c1ccc(C(F)(F)F)cc1. The van der Waals surface area contributed by atoms with E-state index in [1.807, 2.05) is 0 Å². The van der Waals surface area contributed by atoms with Crippen molar-refractivity contribution in [2.24, 2.45) is 11.8 Å². The van der Waals surface area contributed by atoms with Crippen molar-refractivity contribution in [3.63, 3.8) is 0 Å². The molecule has 4 fully saturated rings. The molecule has 0 spiro atoms. The number of nitrogens with zero attached hydrogens (tertiary/aromatic N) is 2. The van der Waals surface area contributed by atoms with Crippen molar-refractivity contribution >= 4 is 5.91 Å². The van der Waals surface area contributed by atoms with Gasteiger partial charge >= 0.3 is 6.18 Å². The van der Waals surface area contributed by atoms with Crippen LogP contribution in [0.3, 0.4) is 0 Å². The van der Waals surface area contributed by atoms with Gasteiger partial charge in [-0.2, -0.15) is 13.2 Å². The maximum absolute atomic E-state index is 12.7. The van der Waals surface area contributed by atoms with Crippen LogP contribution < -0.4 is 5.32 Å². The number of likely N-dealkylation sites (tertiary alicyclic amines) is 1. The Morgan fingerprint density at radius 3 is 2.41 bits per heavy atom. The maximum Gasteiger partial charge on any atom is 0.416 e. The van der Waals surface area contributed by atoms with Gasteiger partial charge in [0.15, 0.2) is 0 Å². The van der Waals surface area contributed by atoms with Gasteiger partial charge in [0.1, 0.15) is 0 Å². The summed E-state index contributed by atoms with van der Waals surface area (Å²) in [4.78, 5) is 17.5. The van der Waals surface area contributed by atoms with Crippen molar-refractivity contribution in [1.29, 1.82) is 0 Å². The van der Waals surface area contributed by atoms with E-state index in [-0.39, 0.29) is 11.5 Å². The lowest BCUT2D eigenvalue weighted by molar-refractivity contribution is -0.137. The lowest BCUT2D eigenvalue weighted by Gasteiger charge is -2.51. The quantitative estimate of drug-likeness (QED) is 0.807. The van der Waals surface area contributed by atoms with E-state index in [0.717, 1.165) is 43.5 Å². The molecule has 4 aliphatic heterocycles. The van der Waals surface area contributed by atoms with Crippen LogP contribution in [0.1, 0.15) is 48.0 Å². The molecule has 1 aromatic rings. The molecule has 160 valence electrons. The Bertz CT molecular complexity index is 700. The first-order valence-corrected chi connectivity index (χ1v) is 10.8. The van der Waals surface area contributed by atoms with Gasteiger partial charge in [-0.3, -0.25) is 9.69 Å². The first-order chi connectivity index (χ1) is 13.9. The van der Waals surface area contributed by atoms with Crippen LogP contribution in [0, 0.1) is 11.8 Å². The highest BCUT2D eigenvalue weighted by Crippen LogP contribution is 2.37. The van der Waals surface area contributed by atoms with Gasteiger partial charge in [0.25, 0.3) is 5.91 Å². The van der Waals surface area contributed by atoms with Crippen molar-refractivity contribution in [2.45, 2.75) is 44.3 Å². The largest absolute Gasteiger partial charge is 0.416 e. The molecule has 0 aliphatic carbocycles. The van der Waals surface area contributed by atoms with E-state index in [4.69, 9.17) is 0 Å². The number of carbonyl (C=O) groups is 1. The Kier molecular flexibility index (Phi) is 6.16. The van der Waals surface area contributed by atoms with Crippen molar-refractivity contribution in [1.82, 2.24) is 15.1 Å². The van der Waals surface area contributed by atoms with E-state index in [9.17, 15) is 18.0 Å². The molecule has 0 saturated carbocycles. The van der Waals surface area contributed by atoms with Gasteiger partial charge in [0.2, 0.25) is 0 Å². The second kappa shape index (κ2) is 8.64. The van der Waals surface area contributed by atoms with E-state index in [0.29, 0.717) is 12.6 Å². The summed E-state index contributed by atoms with van der Waals surface area (Å²) in [5.41, 5.74) is -0.457. The predicted octanol–water partition coefficient (Wildman–Crippen LogP) is 3.63. The summed E-state index contributed by atoms with van der Waals surface area (Å²) in [6.45, 7) is 6.41. The molecule has 2 bridgehead atoms. The highest BCUT2D eigenvalue weighted by atomic mass is 19.4. The molecule has 4 saturated heterocycles. The van der Waals surface area contributed by atoms with Crippen LogP contribution in [0.25, 0.3) is 0 Å². The predicted molar refractivity (Wildman–Crippen MR) is 106 cm³/mol. The smallest absolute Gasteiger partial charge is 0.350 e. The van der Waals surface area contributed by atoms with Crippen LogP contribution in [0.2, 0.25) is 0 Å². The number of benzene rings is 1. The standard InChI is InChI=1S/C22H30F3N3O/c23-22(24,25)19-6-4-16(5-7-19)21(29)26-13-20-12-17-8-11-28(20)15-18(17)14-27-9-2-1-3-10-27/h4-7,17-18,20H,1-3,8-15H2,(H,26,29). The fraction of sp³-hybridized carbons (Fsp3) is 0.682. The summed E-state index contributed by atoms with van der Waals surface area (Å²) >= 11 is 0. The van der Waals surface area contributed by atoms with Crippen molar-refractivity contribution in [3.8, 4) is 0 Å². The van der Waals surface area contributed by atoms with E-state index in [2.05, 4.69) is 15.1 Å². The summed E-state index contributed by atoms with van der Waals surface area (Å²) in [6, 6.07) is 4.77. The molecule has 4 aliphatic rings. The third-order valence-corrected chi connectivity index (χ3v) is 6.93. The third kappa shape index (κ3) is 4.94. The molecule has 4 nitrogen and oxygen atoms in total. The molecule has 1 aromatic carbocycles. The molecule has 1 N–H and O–H groups in total. The highest BCUT2D eigenvalue weighted by molar-refractivity contribution is 5.94. The van der Waals surface area contributed by atoms with Crippen LogP contribution in [0.4, 0.5) is 13.2 Å². The minimum atomic E-state index is -4.38. The van der Waals surface area contributed by atoms with Gasteiger partial charge in [-0.05, 0) is 81.4 Å². The summed E-state index contributed by atoms with van der Waals surface area (Å²) < 4.78 is 38.0. The molecule has 29 heavy (non-hydrogen) atoms. The van der Waals surface area contributed by atoms with Crippen molar-refractivity contribution in [3.05, 3.63) is 35.4 Å². The Morgan fingerprint density at radius 2 is 1.79 bits per heavy atom. The van der Waals surface area contributed by atoms with Crippen LogP contribution in [-0.4, -0.2) is 61.0 Å². The maximum atomic E-state index is 12.7. The van der Waals surface area contributed by atoms with Gasteiger partial charge in [-0.15, -0.1) is 0 Å². The number of nitrogens with one attached hydrogen (secondary N) is 1. The number of alkyl halides is 3. The number of carbonyl (C=O) groups excluding carboxylic acids is 1. The molecular weight excluding hydrogens is 379 g/mol. The van der Waals surface area contributed by atoms with Gasteiger partial charge < -0.3 is 10.2 Å². The van der Waals surface area contributed by atoms with E-state index in [1.165, 1.54) is 57.5 Å². The number of hydrogen-bond donors (Lipinski definition) is 1. The molecule has 7 heteroatoms. The summed E-state index contributed by atoms with van der Waals surface area (Å²) in [6.07, 6.45) is 1.96. The van der Waals surface area contributed by atoms with E-state index >= 15 is 0 Å². The number of fused-ring (bicyclic) bond motifs is 3.